The summed E-state index contributed by atoms with van der Waals surface area (Å²) in [4.78, 5) is 12.3. The summed E-state index contributed by atoms with van der Waals surface area (Å²) >= 11 is 4.19. The van der Waals surface area contributed by atoms with E-state index in [0.29, 0.717) is 11.4 Å². The van der Waals surface area contributed by atoms with Crippen LogP contribution in [0.1, 0.15) is 20.8 Å². The van der Waals surface area contributed by atoms with Crippen LogP contribution in [0.2, 0.25) is 0 Å². The lowest BCUT2D eigenvalue weighted by molar-refractivity contribution is 0.0635. The fourth-order valence-electron chi connectivity index (χ4n) is 1.20. The van der Waals surface area contributed by atoms with Gasteiger partial charge in [0.1, 0.15) is 11.4 Å². The topological polar surface area (TPSA) is 47.6 Å². The minimum atomic E-state index is -0.527. The van der Waals surface area contributed by atoms with Crippen LogP contribution in [0.3, 0.4) is 0 Å². The van der Waals surface area contributed by atoms with E-state index in [0.717, 1.165) is 4.90 Å². The van der Waals surface area contributed by atoms with Crippen molar-refractivity contribution in [2.24, 2.45) is 0 Å². The summed E-state index contributed by atoms with van der Waals surface area (Å²) < 4.78 is 10.3. The van der Waals surface area contributed by atoms with Crippen molar-refractivity contribution in [3.05, 3.63) is 18.2 Å². The molecule has 1 aromatic carbocycles. The minimum absolute atomic E-state index is 0.511. The number of ether oxygens (including phenoxy) is 2. The second-order valence-corrected chi connectivity index (χ2v) is 5.03. The second kappa shape index (κ2) is 5.31. The van der Waals surface area contributed by atoms with Crippen molar-refractivity contribution in [3.8, 4) is 5.75 Å². The first-order valence-electron chi connectivity index (χ1n) is 5.19. The maximum Gasteiger partial charge on any atom is 0.412 e. The zero-order chi connectivity index (χ0) is 13.1. The van der Waals surface area contributed by atoms with Crippen molar-refractivity contribution in [1.82, 2.24) is 0 Å². The van der Waals surface area contributed by atoms with Crippen LogP contribution < -0.4 is 10.1 Å². The Bertz CT molecular complexity index is 413. The third-order valence-electron chi connectivity index (χ3n) is 1.82. The van der Waals surface area contributed by atoms with E-state index < -0.39 is 11.7 Å². The first-order valence-corrected chi connectivity index (χ1v) is 5.63. The maximum atomic E-state index is 11.6. The molecule has 0 aromatic heterocycles. The van der Waals surface area contributed by atoms with Crippen LogP contribution in [0, 0.1) is 0 Å². The molecule has 1 amide bonds. The molecule has 0 spiro atoms. The Morgan fingerprint density at radius 1 is 1.35 bits per heavy atom. The summed E-state index contributed by atoms with van der Waals surface area (Å²) in [5.74, 6) is 0.545. The smallest absolute Gasteiger partial charge is 0.412 e. The number of thiol groups is 1. The van der Waals surface area contributed by atoms with E-state index in [-0.39, 0.29) is 0 Å². The number of anilines is 1. The number of benzene rings is 1. The molecule has 0 saturated carbocycles. The highest BCUT2D eigenvalue weighted by molar-refractivity contribution is 7.80. The van der Waals surface area contributed by atoms with Crippen LogP contribution in [0.5, 0.6) is 5.75 Å². The highest BCUT2D eigenvalue weighted by Crippen LogP contribution is 2.27. The molecule has 1 N–H and O–H groups in total. The van der Waals surface area contributed by atoms with Crippen LogP contribution in [0.4, 0.5) is 10.5 Å². The Morgan fingerprint density at radius 3 is 2.53 bits per heavy atom. The molecule has 5 heteroatoms. The number of methoxy groups -OCH3 is 1. The van der Waals surface area contributed by atoms with Gasteiger partial charge in [-0.05, 0) is 39.0 Å². The number of carbonyl (C=O) groups is 1. The van der Waals surface area contributed by atoms with Gasteiger partial charge in [-0.15, -0.1) is 12.6 Å². The Balaban J connectivity index is 2.78. The highest BCUT2D eigenvalue weighted by Gasteiger charge is 2.17. The van der Waals surface area contributed by atoms with Crippen molar-refractivity contribution in [1.29, 1.82) is 0 Å². The SMILES string of the molecule is COc1cc(S)ccc1NC(=O)OC(C)(C)C. The fraction of sp³-hybridized carbons (Fsp3) is 0.417. The maximum absolute atomic E-state index is 11.6. The molecule has 94 valence electrons. The van der Waals surface area contributed by atoms with Gasteiger partial charge in [0.2, 0.25) is 0 Å². The van der Waals surface area contributed by atoms with E-state index in [9.17, 15) is 4.79 Å². The normalized spacial score (nSPS) is 10.9. The Morgan fingerprint density at radius 2 is 2.00 bits per heavy atom. The molecular weight excluding hydrogens is 238 g/mol. The molecule has 0 saturated heterocycles. The van der Waals surface area contributed by atoms with E-state index in [1.54, 1.807) is 39.0 Å². The summed E-state index contributed by atoms with van der Waals surface area (Å²) in [6, 6.07) is 5.19. The number of rotatable bonds is 2. The fourth-order valence-corrected chi connectivity index (χ4v) is 1.39. The first-order chi connectivity index (χ1) is 7.81. The lowest BCUT2D eigenvalue weighted by Crippen LogP contribution is -2.27. The standard InChI is InChI=1S/C12H17NO3S/c1-12(2,3)16-11(14)13-9-6-5-8(17)7-10(9)15-4/h5-7,17H,1-4H3,(H,13,14). The quantitative estimate of drug-likeness (QED) is 0.797. The lowest BCUT2D eigenvalue weighted by Gasteiger charge is -2.20. The van der Waals surface area contributed by atoms with Gasteiger partial charge >= 0.3 is 6.09 Å². The number of hydrogen-bond donors (Lipinski definition) is 2. The largest absolute Gasteiger partial charge is 0.495 e. The monoisotopic (exact) mass is 255 g/mol. The minimum Gasteiger partial charge on any atom is -0.495 e. The molecule has 0 aliphatic heterocycles. The van der Waals surface area contributed by atoms with Gasteiger partial charge in [0.05, 0.1) is 12.8 Å². The molecule has 4 nitrogen and oxygen atoms in total. The molecule has 0 radical (unpaired) electrons. The summed E-state index contributed by atoms with van der Waals surface area (Å²) in [6.45, 7) is 5.42. The van der Waals surface area contributed by atoms with Crippen LogP contribution in [0.25, 0.3) is 0 Å². The van der Waals surface area contributed by atoms with Gasteiger partial charge in [0.15, 0.2) is 0 Å². The van der Waals surface area contributed by atoms with E-state index >= 15 is 0 Å². The van der Waals surface area contributed by atoms with Crippen LogP contribution in [-0.2, 0) is 4.74 Å². The molecule has 0 aliphatic rings. The predicted octanol–water partition coefficient (Wildman–Crippen LogP) is 3.33. The van der Waals surface area contributed by atoms with Gasteiger partial charge in [0, 0.05) is 4.90 Å². The third kappa shape index (κ3) is 4.56. The summed E-state index contributed by atoms with van der Waals surface area (Å²) in [6.07, 6.45) is -0.511. The third-order valence-corrected chi connectivity index (χ3v) is 2.10. The number of hydrogen-bond acceptors (Lipinski definition) is 4. The molecule has 0 atom stereocenters. The van der Waals surface area contributed by atoms with Crippen molar-refractivity contribution >= 4 is 24.4 Å². The second-order valence-electron chi connectivity index (χ2n) is 4.51. The zero-order valence-electron chi connectivity index (χ0n) is 10.4. The van der Waals surface area contributed by atoms with Crippen LogP contribution in [-0.4, -0.2) is 18.8 Å². The molecule has 0 aliphatic carbocycles. The molecular formula is C12H17NO3S. The average molecular weight is 255 g/mol. The molecule has 0 bridgehead atoms. The van der Waals surface area contributed by atoms with Crippen molar-refractivity contribution < 1.29 is 14.3 Å². The average Bonchev–Trinajstić information content (AvgIpc) is 2.17. The molecule has 1 rings (SSSR count). The molecule has 1 aromatic rings. The van der Waals surface area contributed by atoms with Gasteiger partial charge in [-0.25, -0.2) is 4.79 Å². The van der Waals surface area contributed by atoms with E-state index in [4.69, 9.17) is 9.47 Å². The highest BCUT2D eigenvalue weighted by atomic mass is 32.1. The van der Waals surface area contributed by atoms with E-state index in [1.165, 1.54) is 7.11 Å². The Labute approximate surface area is 107 Å². The Hall–Kier alpha value is -1.36. The van der Waals surface area contributed by atoms with Gasteiger partial charge < -0.3 is 9.47 Å². The van der Waals surface area contributed by atoms with E-state index in [2.05, 4.69) is 17.9 Å². The Kier molecular flexibility index (Phi) is 4.28. The summed E-state index contributed by atoms with van der Waals surface area (Å²) in [5.41, 5.74) is 0.0282. The van der Waals surface area contributed by atoms with Crippen LogP contribution in [0.15, 0.2) is 23.1 Å². The lowest BCUT2D eigenvalue weighted by atomic mass is 10.2. The summed E-state index contributed by atoms with van der Waals surface area (Å²) in [7, 11) is 1.53. The number of amides is 1. The van der Waals surface area contributed by atoms with Gasteiger partial charge in [0.25, 0.3) is 0 Å². The number of nitrogens with one attached hydrogen (secondary N) is 1. The summed E-state index contributed by atoms with van der Waals surface area (Å²) in [5, 5.41) is 2.63. The predicted molar refractivity (Wildman–Crippen MR) is 70.1 cm³/mol. The van der Waals surface area contributed by atoms with Crippen molar-refractivity contribution in [2.45, 2.75) is 31.3 Å². The van der Waals surface area contributed by atoms with Gasteiger partial charge in [-0.1, -0.05) is 0 Å². The van der Waals surface area contributed by atoms with Gasteiger partial charge in [-0.2, -0.15) is 0 Å². The molecule has 0 heterocycles. The molecule has 0 fully saturated rings. The molecule has 17 heavy (non-hydrogen) atoms. The number of carbonyl (C=O) groups excluding carboxylic acids is 1. The first kappa shape index (κ1) is 13.7. The van der Waals surface area contributed by atoms with Crippen molar-refractivity contribution in [3.63, 3.8) is 0 Å². The van der Waals surface area contributed by atoms with E-state index in [1.807, 2.05) is 0 Å². The van der Waals surface area contributed by atoms with Crippen LogP contribution >= 0.6 is 12.6 Å². The zero-order valence-corrected chi connectivity index (χ0v) is 11.3. The van der Waals surface area contributed by atoms with Crippen molar-refractivity contribution in [2.75, 3.05) is 12.4 Å². The van der Waals surface area contributed by atoms with Gasteiger partial charge in [-0.3, -0.25) is 5.32 Å². The molecule has 0 unspecified atom stereocenters.